The molecule has 0 aliphatic rings. The largest absolute Gasteiger partial charge is 0.496 e. The first-order valence-electron chi connectivity index (χ1n) is 7.94. The molecule has 0 aliphatic heterocycles. The molecule has 1 heterocycles. The maximum absolute atomic E-state index is 12.3. The van der Waals surface area contributed by atoms with Crippen LogP contribution in [0.25, 0.3) is 11.3 Å². The van der Waals surface area contributed by atoms with Crippen LogP contribution in [0.2, 0.25) is 5.02 Å². The van der Waals surface area contributed by atoms with Gasteiger partial charge in [-0.25, -0.2) is 0 Å². The van der Waals surface area contributed by atoms with Gasteiger partial charge in [0.2, 0.25) is 0 Å². The van der Waals surface area contributed by atoms with Gasteiger partial charge in [0.25, 0.3) is 11.6 Å². The Bertz CT molecular complexity index is 999. The molecule has 0 spiro atoms. The van der Waals surface area contributed by atoms with Crippen molar-refractivity contribution in [2.24, 2.45) is 0 Å². The number of nitro groups is 1. The summed E-state index contributed by atoms with van der Waals surface area (Å²) in [5.41, 5.74) is 1.18. The predicted molar refractivity (Wildman–Crippen MR) is 100.0 cm³/mol. The molecule has 0 saturated carbocycles. The van der Waals surface area contributed by atoms with E-state index in [1.165, 1.54) is 24.3 Å². The number of nitrogens with zero attached hydrogens (tertiary/aromatic N) is 1. The molecule has 0 unspecified atom stereocenters. The van der Waals surface area contributed by atoms with Crippen LogP contribution in [-0.2, 0) is 6.54 Å². The standard InChI is InChI=1S/C19H15ClN2O5/c1-26-16-5-3-2-4-12(16)11-21-19(23)18-9-8-17(27-18)14-7-6-13(22(24)25)10-15(14)20/h2-10H,11H2,1H3,(H,21,23). The highest BCUT2D eigenvalue weighted by atomic mass is 35.5. The van der Waals surface area contributed by atoms with Crippen molar-refractivity contribution in [3.05, 3.63) is 81.1 Å². The Morgan fingerprint density at radius 1 is 1.22 bits per heavy atom. The molecule has 1 N–H and O–H groups in total. The molecule has 1 amide bonds. The molecule has 3 rings (SSSR count). The topological polar surface area (TPSA) is 94.6 Å². The van der Waals surface area contributed by atoms with E-state index in [0.717, 1.165) is 5.56 Å². The second-order valence-electron chi connectivity index (χ2n) is 5.58. The minimum absolute atomic E-state index is 0.106. The van der Waals surface area contributed by atoms with Crippen molar-refractivity contribution in [1.82, 2.24) is 5.32 Å². The van der Waals surface area contributed by atoms with Gasteiger partial charge in [-0.05, 0) is 24.3 Å². The van der Waals surface area contributed by atoms with Gasteiger partial charge in [0, 0.05) is 29.8 Å². The lowest BCUT2D eigenvalue weighted by molar-refractivity contribution is -0.384. The fourth-order valence-corrected chi connectivity index (χ4v) is 2.80. The first-order chi connectivity index (χ1) is 13.0. The Kier molecular flexibility index (Phi) is 5.42. The van der Waals surface area contributed by atoms with Crippen molar-refractivity contribution in [2.45, 2.75) is 6.54 Å². The van der Waals surface area contributed by atoms with Crippen LogP contribution in [-0.4, -0.2) is 17.9 Å². The third-order valence-corrected chi connectivity index (χ3v) is 4.20. The van der Waals surface area contributed by atoms with E-state index in [-0.39, 0.29) is 23.0 Å². The number of ether oxygens (including phenoxy) is 1. The molecule has 0 saturated heterocycles. The van der Waals surface area contributed by atoms with Crippen LogP contribution >= 0.6 is 11.6 Å². The van der Waals surface area contributed by atoms with Crippen molar-refractivity contribution < 1.29 is 18.9 Å². The maximum Gasteiger partial charge on any atom is 0.287 e. The van der Waals surface area contributed by atoms with E-state index in [0.29, 0.717) is 17.1 Å². The van der Waals surface area contributed by atoms with E-state index in [9.17, 15) is 14.9 Å². The van der Waals surface area contributed by atoms with Crippen LogP contribution in [0, 0.1) is 10.1 Å². The van der Waals surface area contributed by atoms with E-state index in [4.69, 9.17) is 20.8 Å². The Morgan fingerprint density at radius 2 is 2.00 bits per heavy atom. The van der Waals surface area contributed by atoms with Crippen LogP contribution in [0.15, 0.2) is 59.0 Å². The Labute approximate surface area is 159 Å². The molecule has 27 heavy (non-hydrogen) atoms. The van der Waals surface area contributed by atoms with Crippen molar-refractivity contribution in [3.63, 3.8) is 0 Å². The van der Waals surface area contributed by atoms with Gasteiger partial charge in [0.05, 0.1) is 17.1 Å². The molecule has 138 valence electrons. The van der Waals surface area contributed by atoms with Gasteiger partial charge in [-0.15, -0.1) is 0 Å². The van der Waals surface area contributed by atoms with Gasteiger partial charge in [0.15, 0.2) is 5.76 Å². The summed E-state index contributed by atoms with van der Waals surface area (Å²) < 4.78 is 10.8. The summed E-state index contributed by atoms with van der Waals surface area (Å²) in [4.78, 5) is 22.6. The fraction of sp³-hybridized carbons (Fsp3) is 0.105. The zero-order chi connectivity index (χ0) is 19.4. The highest BCUT2D eigenvalue weighted by molar-refractivity contribution is 6.33. The molecule has 0 radical (unpaired) electrons. The minimum Gasteiger partial charge on any atom is -0.496 e. The van der Waals surface area contributed by atoms with Crippen LogP contribution in [0.5, 0.6) is 5.75 Å². The lowest BCUT2D eigenvalue weighted by atomic mass is 10.1. The summed E-state index contributed by atoms with van der Waals surface area (Å²) in [6.45, 7) is 0.275. The van der Waals surface area contributed by atoms with Gasteiger partial charge < -0.3 is 14.5 Å². The van der Waals surface area contributed by atoms with Crippen molar-refractivity contribution in [2.75, 3.05) is 7.11 Å². The summed E-state index contributed by atoms with van der Waals surface area (Å²) in [5, 5.41) is 13.7. The third kappa shape index (κ3) is 4.09. The van der Waals surface area contributed by atoms with Gasteiger partial charge in [-0.1, -0.05) is 29.8 Å². The SMILES string of the molecule is COc1ccccc1CNC(=O)c1ccc(-c2ccc([N+](=O)[O-])cc2Cl)o1. The molecule has 8 heteroatoms. The Balaban J connectivity index is 1.73. The number of para-hydroxylation sites is 1. The normalized spacial score (nSPS) is 10.4. The number of amides is 1. The quantitative estimate of drug-likeness (QED) is 0.499. The van der Waals surface area contributed by atoms with E-state index >= 15 is 0 Å². The summed E-state index contributed by atoms with van der Waals surface area (Å²) >= 11 is 6.09. The zero-order valence-electron chi connectivity index (χ0n) is 14.3. The lowest BCUT2D eigenvalue weighted by Gasteiger charge is -2.08. The predicted octanol–water partition coefficient (Wildman–Crippen LogP) is 4.45. The Hall–Kier alpha value is -3.32. The average Bonchev–Trinajstić information content (AvgIpc) is 3.16. The first-order valence-corrected chi connectivity index (χ1v) is 8.31. The van der Waals surface area contributed by atoms with Gasteiger partial charge >= 0.3 is 0 Å². The van der Waals surface area contributed by atoms with Crippen LogP contribution in [0.4, 0.5) is 5.69 Å². The number of hydrogen-bond donors (Lipinski definition) is 1. The third-order valence-electron chi connectivity index (χ3n) is 3.89. The molecule has 0 aliphatic carbocycles. The number of rotatable bonds is 6. The van der Waals surface area contributed by atoms with Crippen LogP contribution in [0.1, 0.15) is 16.1 Å². The number of nitrogens with one attached hydrogen (secondary N) is 1. The van der Waals surface area contributed by atoms with Crippen LogP contribution in [0.3, 0.4) is 0 Å². The zero-order valence-corrected chi connectivity index (χ0v) is 15.0. The van der Waals surface area contributed by atoms with Crippen molar-refractivity contribution in [1.29, 1.82) is 0 Å². The van der Waals surface area contributed by atoms with E-state index in [1.54, 1.807) is 13.2 Å². The second-order valence-corrected chi connectivity index (χ2v) is 5.99. The van der Waals surface area contributed by atoms with Crippen molar-refractivity contribution >= 4 is 23.2 Å². The molecular weight excluding hydrogens is 372 g/mol. The number of carbonyl (C=O) groups is 1. The monoisotopic (exact) mass is 386 g/mol. The number of halogens is 1. The second kappa shape index (κ2) is 7.92. The smallest absolute Gasteiger partial charge is 0.287 e. The highest BCUT2D eigenvalue weighted by Gasteiger charge is 2.16. The number of benzene rings is 2. The minimum atomic E-state index is -0.533. The van der Waals surface area contributed by atoms with Gasteiger partial charge in [0.1, 0.15) is 11.5 Å². The number of methoxy groups -OCH3 is 1. The average molecular weight is 387 g/mol. The van der Waals surface area contributed by atoms with Gasteiger partial charge in [-0.3, -0.25) is 14.9 Å². The summed E-state index contributed by atoms with van der Waals surface area (Å²) in [6.07, 6.45) is 0. The number of nitro benzene ring substituents is 1. The summed E-state index contributed by atoms with van der Waals surface area (Å²) in [5.74, 6) is 0.729. The summed E-state index contributed by atoms with van der Waals surface area (Å²) in [7, 11) is 1.56. The number of hydrogen-bond acceptors (Lipinski definition) is 5. The molecule has 2 aromatic carbocycles. The van der Waals surface area contributed by atoms with E-state index < -0.39 is 10.8 Å². The maximum atomic E-state index is 12.3. The molecular formula is C19H15ClN2O5. The molecule has 0 bridgehead atoms. The number of furan rings is 1. The van der Waals surface area contributed by atoms with E-state index in [1.807, 2.05) is 24.3 Å². The fourth-order valence-electron chi connectivity index (χ4n) is 2.53. The van der Waals surface area contributed by atoms with Crippen molar-refractivity contribution in [3.8, 4) is 17.1 Å². The molecule has 1 aromatic heterocycles. The lowest BCUT2D eigenvalue weighted by Crippen LogP contribution is -2.22. The molecule has 0 fully saturated rings. The number of carbonyl (C=O) groups excluding carboxylic acids is 1. The van der Waals surface area contributed by atoms with Gasteiger partial charge in [-0.2, -0.15) is 0 Å². The highest BCUT2D eigenvalue weighted by Crippen LogP contribution is 2.32. The number of non-ortho nitro benzene ring substituents is 1. The molecule has 3 aromatic rings. The summed E-state index contributed by atoms with van der Waals surface area (Å²) in [6, 6.07) is 14.5. The Morgan fingerprint density at radius 3 is 2.70 bits per heavy atom. The van der Waals surface area contributed by atoms with Crippen LogP contribution < -0.4 is 10.1 Å². The van der Waals surface area contributed by atoms with E-state index in [2.05, 4.69) is 5.32 Å². The first kappa shape index (κ1) is 18.5. The molecule has 0 atom stereocenters. The molecule has 7 nitrogen and oxygen atoms in total.